The second-order valence-corrected chi connectivity index (χ2v) is 6.55. The number of hydrogen-bond acceptors (Lipinski definition) is 8. The molecule has 0 aliphatic carbocycles. The van der Waals surface area contributed by atoms with Crippen LogP contribution in [0.15, 0.2) is 36.4 Å². The molecule has 0 radical (unpaired) electrons. The highest BCUT2D eigenvalue weighted by atomic mass is 16.6. The number of benzene rings is 1. The summed E-state index contributed by atoms with van der Waals surface area (Å²) in [6.07, 6.45) is 0. The number of likely N-dealkylation sites (N-methyl/N-ethyl adjacent to an activating group) is 1. The third-order valence-corrected chi connectivity index (χ3v) is 3.40. The number of Topliss-reactive ketones (excluding diaryl/α,β-unsaturated/α-hetero) is 1. The van der Waals surface area contributed by atoms with Crippen LogP contribution in [0.3, 0.4) is 0 Å². The Morgan fingerprint density at radius 2 is 1.39 bits per heavy atom. The number of ketones is 1. The van der Waals surface area contributed by atoms with Gasteiger partial charge in [0.1, 0.15) is 26.4 Å². The van der Waals surface area contributed by atoms with Crippen LogP contribution in [0.5, 0.6) is 0 Å². The van der Waals surface area contributed by atoms with Crippen molar-refractivity contribution < 1.29 is 48.2 Å². The first-order valence-corrected chi connectivity index (χ1v) is 9.26. The third-order valence-electron chi connectivity index (χ3n) is 3.40. The lowest BCUT2D eigenvalue weighted by Crippen LogP contribution is -3.06. The molecule has 0 aliphatic heterocycles. The first kappa shape index (κ1) is 27.5. The summed E-state index contributed by atoms with van der Waals surface area (Å²) < 4.78 is 14.2. The predicted molar refractivity (Wildman–Crippen MR) is 109 cm³/mol. The lowest BCUT2D eigenvalue weighted by atomic mass is 10.1. The lowest BCUT2D eigenvalue weighted by molar-refractivity contribution is -0.858. The molecule has 0 spiro atoms. The maximum absolute atomic E-state index is 11.7. The maximum Gasteiger partial charge on any atom is 0.374 e. The maximum atomic E-state index is 11.7. The Balaban J connectivity index is 0.000000695. The highest BCUT2D eigenvalue weighted by Crippen LogP contribution is 2.10. The van der Waals surface area contributed by atoms with Crippen LogP contribution in [-0.4, -0.2) is 75.2 Å². The summed E-state index contributed by atoms with van der Waals surface area (Å²) in [7, 11) is 3.89. The standard InChI is InChI=1S/C14H14O6.C7H13NO3/c1-9(2)13(17)19-7-8-20-14(18)11-6-4-3-5-10(11)12(15)16;1-6(9)7(10)11-5-4-8(2)3/h3-6H,1,7-8H2,2H3,(H,15,16);4-5H2,1-3H3/p+1. The Morgan fingerprint density at radius 1 is 0.871 bits per heavy atom. The van der Waals surface area contributed by atoms with Crippen molar-refractivity contribution >= 4 is 29.7 Å². The monoisotopic (exact) mass is 438 g/mol. The van der Waals surface area contributed by atoms with Gasteiger partial charge in [-0.2, -0.15) is 0 Å². The van der Waals surface area contributed by atoms with E-state index in [0.717, 1.165) is 6.54 Å². The molecule has 0 unspecified atom stereocenters. The molecular weight excluding hydrogens is 410 g/mol. The minimum absolute atomic E-state index is 0.0498. The van der Waals surface area contributed by atoms with Gasteiger partial charge in [-0.15, -0.1) is 0 Å². The molecule has 31 heavy (non-hydrogen) atoms. The van der Waals surface area contributed by atoms with Crippen molar-refractivity contribution in [2.24, 2.45) is 0 Å². The van der Waals surface area contributed by atoms with Gasteiger partial charge in [0.15, 0.2) is 0 Å². The number of aromatic carboxylic acids is 1. The van der Waals surface area contributed by atoms with E-state index in [1.807, 2.05) is 14.1 Å². The van der Waals surface area contributed by atoms with Crippen LogP contribution in [-0.2, 0) is 28.6 Å². The molecule has 1 rings (SSSR count). The van der Waals surface area contributed by atoms with E-state index in [2.05, 4.69) is 11.3 Å². The van der Waals surface area contributed by atoms with Gasteiger partial charge in [0.2, 0.25) is 5.78 Å². The number of carboxylic acids is 1. The molecule has 0 saturated carbocycles. The Kier molecular flexibility index (Phi) is 12.8. The zero-order valence-corrected chi connectivity index (χ0v) is 18.1. The Morgan fingerprint density at radius 3 is 1.87 bits per heavy atom. The van der Waals surface area contributed by atoms with Crippen LogP contribution in [0.4, 0.5) is 0 Å². The molecule has 170 valence electrons. The Bertz CT molecular complexity index is 815. The predicted octanol–water partition coefficient (Wildman–Crippen LogP) is -0.0760. The van der Waals surface area contributed by atoms with Gasteiger partial charge >= 0.3 is 23.9 Å². The molecule has 10 heteroatoms. The largest absolute Gasteiger partial charge is 0.478 e. The van der Waals surface area contributed by atoms with E-state index in [1.165, 1.54) is 43.0 Å². The zero-order chi connectivity index (χ0) is 24.0. The topological polar surface area (TPSA) is 138 Å². The minimum Gasteiger partial charge on any atom is -0.478 e. The fourth-order valence-electron chi connectivity index (χ4n) is 1.77. The van der Waals surface area contributed by atoms with Crippen molar-refractivity contribution in [3.05, 3.63) is 47.5 Å². The highest BCUT2D eigenvalue weighted by molar-refractivity contribution is 6.32. The molecular formula is C21H28NO9+. The summed E-state index contributed by atoms with van der Waals surface area (Å²) >= 11 is 0. The third kappa shape index (κ3) is 11.9. The molecule has 2 N–H and O–H groups in total. The number of carboxylic acid groups (broad SMARTS) is 1. The van der Waals surface area contributed by atoms with Crippen LogP contribution >= 0.6 is 0 Å². The number of ether oxygens (including phenoxy) is 3. The van der Waals surface area contributed by atoms with Crippen LogP contribution in [0, 0.1) is 0 Å². The van der Waals surface area contributed by atoms with Gasteiger partial charge in [-0.05, 0) is 19.1 Å². The van der Waals surface area contributed by atoms with E-state index in [4.69, 9.17) is 14.6 Å². The Labute approximate surface area is 180 Å². The second kappa shape index (κ2) is 14.5. The van der Waals surface area contributed by atoms with Gasteiger partial charge in [-0.3, -0.25) is 4.79 Å². The first-order chi connectivity index (χ1) is 14.5. The number of rotatable bonds is 10. The molecule has 1 aromatic rings. The lowest BCUT2D eigenvalue weighted by Gasteiger charge is -2.07. The van der Waals surface area contributed by atoms with Gasteiger partial charge in [-0.25, -0.2) is 19.2 Å². The van der Waals surface area contributed by atoms with Crippen molar-refractivity contribution in [2.75, 3.05) is 40.5 Å². The number of carbonyl (C=O) groups is 5. The number of esters is 3. The van der Waals surface area contributed by atoms with Crippen LogP contribution in [0.25, 0.3) is 0 Å². The average Bonchev–Trinajstić information content (AvgIpc) is 2.70. The molecule has 0 bridgehead atoms. The number of nitrogens with one attached hydrogen (secondary N) is 1. The summed E-state index contributed by atoms with van der Waals surface area (Å²) in [6.45, 7) is 6.84. The van der Waals surface area contributed by atoms with E-state index in [1.54, 1.807) is 0 Å². The number of quaternary nitrogens is 1. The van der Waals surface area contributed by atoms with Crippen LogP contribution in [0.2, 0.25) is 0 Å². The summed E-state index contributed by atoms with van der Waals surface area (Å²) in [5, 5.41) is 8.93. The van der Waals surface area contributed by atoms with E-state index >= 15 is 0 Å². The van der Waals surface area contributed by atoms with Gasteiger partial charge in [-0.1, -0.05) is 18.7 Å². The van der Waals surface area contributed by atoms with Gasteiger partial charge in [0.25, 0.3) is 0 Å². The molecule has 0 heterocycles. The van der Waals surface area contributed by atoms with E-state index in [0.29, 0.717) is 6.61 Å². The fraction of sp³-hybridized carbons (Fsp3) is 0.381. The zero-order valence-electron chi connectivity index (χ0n) is 18.1. The smallest absolute Gasteiger partial charge is 0.374 e. The summed E-state index contributed by atoms with van der Waals surface area (Å²) in [4.78, 5) is 55.8. The summed E-state index contributed by atoms with van der Waals surface area (Å²) in [5.41, 5.74) is 0.0511. The van der Waals surface area contributed by atoms with E-state index in [-0.39, 0.29) is 29.9 Å². The average molecular weight is 438 g/mol. The van der Waals surface area contributed by atoms with E-state index in [9.17, 15) is 24.0 Å². The molecule has 0 fully saturated rings. The van der Waals surface area contributed by atoms with Crippen LogP contribution in [0.1, 0.15) is 34.6 Å². The molecule has 0 aliphatic rings. The van der Waals surface area contributed by atoms with Crippen molar-refractivity contribution in [1.82, 2.24) is 0 Å². The van der Waals surface area contributed by atoms with Gasteiger partial charge in [0, 0.05) is 12.5 Å². The SMILES string of the molecule is C=C(C)C(=O)OCCOC(=O)c1ccccc1C(=O)O.CC(=O)C(=O)OCC[NH+](C)C. The summed E-state index contributed by atoms with van der Waals surface area (Å²) in [6, 6.07) is 5.70. The van der Waals surface area contributed by atoms with Crippen molar-refractivity contribution in [3.8, 4) is 0 Å². The second-order valence-electron chi connectivity index (χ2n) is 6.55. The van der Waals surface area contributed by atoms with Crippen molar-refractivity contribution in [3.63, 3.8) is 0 Å². The molecule has 10 nitrogen and oxygen atoms in total. The molecule has 1 aromatic carbocycles. The van der Waals surface area contributed by atoms with Crippen LogP contribution < -0.4 is 4.90 Å². The fourth-order valence-corrected chi connectivity index (χ4v) is 1.77. The van der Waals surface area contributed by atoms with Crippen molar-refractivity contribution in [1.29, 1.82) is 0 Å². The normalized spacial score (nSPS) is 9.71. The van der Waals surface area contributed by atoms with Gasteiger partial charge in [0.05, 0.1) is 25.2 Å². The number of carbonyl (C=O) groups excluding carboxylic acids is 4. The van der Waals surface area contributed by atoms with Gasteiger partial charge < -0.3 is 24.2 Å². The highest BCUT2D eigenvalue weighted by Gasteiger charge is 2.17. The molecule has 0 atom stereocenters. The Hall–Kier alpha value is -3.53. The quantitative estimate of drug-likeness (QED) is 0.169. The molecule has 0 amide bonds. The summed E-state index contributed by atoms with van der Waals surface area (Å²) in [5.74, 6) is -3.86. The molecule has 0 aromatic heterocycles. The minimum atomic E-state index is -1.22. The van der Waals surface area contributed by atoms with Crippen molar-refractivity contribution in [2.45, 2.75) is 13.8 Å². The number of hydrogen-bond donors (Lipinski definition) is 2. The molecule has 0 saturated heterocycles. The van der Waals surface area contributed by atoms with E-state index < -0.39 is 29.7 Å². The first-order valence-electron chi connectivity index (χ1n) is 9.26.